The highest BCUT2D eigenvalue weighted by molar-refractivity contribution is 6.31. The number of aliphatic carboxylic acids is 1. The van der Waals surface area contributed by atoms with Crippen molar-refractivity contribution in [3.05, 3.63) is 35.5 Å². The van der Waals surface area contributed by atoms with Crippen LogP contribution in [0.2, 0.25) is 5.02 Å². The number of hydrogen-bond acceptors (Lipinski definition) is 6. The Morgan fingerprint density at radius 2 is 2.20 bits per heavy atom. The summed E-state index contributed by atoms with van der Waals surface area (Å²) in [5.74, 6) is -2.67. The third kappa shape index (κ3) is 4.04. The van der Waals surface area contributed by atoms with Crippen molar-refractivity contribution in [3.8, 4) is 11.4 Å². The highest BCUT2D eigenvalue weighted by atomic mass is 35.5. The summed E-state index contributed by atoms with van der Waals surface area (Å²) in [7, 11) is 0. The maximum Gasteiger partial charge on any atom is 0.394 e. The fraction of sp³-hybridized carbons (Fsp3) is 0.316. The molecule has 0 saturated carbocycles. The maximum absolute atomic E-state index is 14.3. The molecular formula is C19H18ClFN6O3. The quantitative estimate of drug-likeness (QED) is 0.541. The minimum Gasteiger partial charge on any atom is -0.474 e. The Balaban J connectivity index is 1.51. The minimum absolute atomic E-state index is 0.0176. The summed E-state index contributed by atoms with van der Waals surface area (Å²) < 4.78 is 14.3. The summed E-state index contributed by atoms with van der Waals surface area (Å²) in [5, 5.41) is 13.0. The molecule has 3 aromatic heterocycles. The largest absolute Gasteiger partial charge is 0.474 e. The number of aromatic amines is 1. The number of anilines is 1. The first kappa shape index (κ1) is 20.0. The molecule has 3 aromatic rings. The SMILES string of the molecule is O=C(O)C(=O)N1CCCC(CNc2nc(-c3c[nH]c4ncc(Cl)cc34)ncc2F)C1. The number of piperidine rings is 1. The van der Waals surface area contributed by atoms with Crippen LogP contribution in [0, 0.1) is 11.7 Å². The van der Waals surface area contributed by atoms with Crippen molar-refractivity contribution in [2.45, 2.75) is 12.8 Å². The van der Waals surface area contributed by atoms with E-state index in [1.54, 1.807) is 12.3 Å². The molecule has 9 nitrogen and oxygen atoms in total. The standard InChI is InChI=1S/C19H18ClFN6O3/c20-11-4-12-13(7-24-15(12)23-6-11)16-25-8-14(21)17(26-16)22-5-10-2-1-3-27(9-10)18(28)19(29)30/h4,6-8,10H,1-3,5,9H2,(H,23,24)(H,29,30)(H,22,25,26). The zero-order valence-corrected chi connectivity index (χ0v) is 16.5. The molecule has 0 bridgehead atoms. The van der Waals surface area contributed by atoms with Crippen LogP contribution in [0.1, 0.15) is 12.8 Å². The number of hydrogen-bond donors (Lipinski definition) is 3. The van der Waals surface area contributed by atoms with Gasteiger partial charge in [0.1, 0.15) is 5.65 Å². The smallest absolute Gasteiger partial charge is 0.394 e. The van der Waals surface area contributed by atoms with Crippen molar-refractivity contribution in [3.63, 3.8) is 0 Å². The van der Waals surface area contributed by atoms with Gasteiger partial charge in [-0.05, 0) is 24.8 Å². The van der Waals surface area contributed by atoms with Crippen molar-refractivity contribution < 1.29 is 19.1 Å². The predicted octanol–water partition coefficient (Wildman–Crippen LogP) is 2.55. The van der Waals surface area contributed by atoms with Crippen molar-refractivity contribution in [1.82, 2.24) is 24.8 Å². The lowest BCUT2D eigenvalue weighted by Gasteiger charge is -2.31. The van der Waals surface area contributed by atoms with E-state index in [0.717, 1.165) is 18.0 Å². The first-order chi connectivity index (χ1) is 14.4. The van der Waals surface area contributed by atoms with Crippen LogP contribution in [-0.2, 0) is 9.59 Å². The van der Waals surface area contributed by atoms with Crippen LogP contribution in [0.25, 0.3) is 22.4 Å². The molecule has 3 N–H and O–H groups in total. The van der Waals surface area contributed by atoms with Crippen molar-refractivity contribution in [2.75, 3.05) is 25.0 Å². The number of aromatic nitrogens is 4. The summed E-state index contributed by atoms with van der Waals surface area (Å²) in [6.07, 6.45) is 5.77. The normalized spacial score (nSPS) is 16.6. The van der Waals surface area contributed by atoms with E-state index in [1.165, 1.54) is 11.1 Å². The van der Waals surface area contributed by atoms with Gasteiger partial charge in [0.05, 0.1) is 11.2 Å². The van der Waals surface area contributed by atoms with E-state index in [9.17, 15) is 14.0 Å². The molecule has 1 aliphatic rings. The van der Waals surface area contributed by atoms with Gasteiger partial charge in [-0.2, -0.15) is 0 Å². The molecule has 1 atom stereocenters. The van der Waals surface area contributed by atoms with Gasteiger partial charge in [-0.15, -0.1) is 0 Å². The van der Waals surface area contributed by atoms with E-state index >= 15 is 0 Å². The summed E-state index contributed by atoms with van der Waals surface area (Å²) in [4.78, 5) is 39.5. The molecule has 0 aromatic carbocycles. The summed E-state index contributed by atoms with van der Waals surface area (Å²) in [6.45, 7) is 1.05. The van der Waals surface area contributed by atoms with Crippen molar-refractivity contribution >= 4 is 40.3 Å². The molecule has 4 heterocycles. The number of carboxylic acid groups (broad SMARTS) is 1. The Morgan fingerprint density at radius 3 is 3.00 bits per heavy atom. The van der Waals surface area contributed by atoms with Crippen LogP contribution in [-0.4, -0.2) is 61.5 Å². The molecule has 1 unspecified atom stereocenters. The Kier molecular flexibility index (Phi) is 5.49. The molecule has 1 saturated heterocycles. The fourth-order valence-corrected chi connectivity index (χ4v) is 3.73. The van der Waals surface area contributed by atoms with Gasteiger partial charge in [0, 0.05) is 43.0 Å². The Hall–Kier alpha value is -3.27. The second kappa shape index (κ2) is 8.23. The van der Waals surface area contributed by atoms with E-state index < -0.39 is 17.7 Å². The number of halogens is 2. The number of nitrogens with zero attached hydrogens (tertiary/aromatic N) is 4. The van der Waals surface area contributed by atoms with E-state index in [4.69, 9.17) is 16.7 Å². The molecule has 0 spiro atoms. The second-order valence-electron chi connectivity index (χ2n) is 7.09. The van der Waals surface area contributed by atoms with Crippen LogP contribution in [0.3, 0.4) is 0 Å². The van der Waals surface area contributed by atoms with Gasteiger partial charge in [-0.25, -0.2) is 24.1 Å². The van der Waals surface area contributed by atoms with Gasteiger partial charge in [-0.3, -0.25) is 4.79 Å². The number of likely N-dealkylation sites (tertiary alicyclic amines) is 1. The third-order valence-electron chi connectivity index (χ3n) is 5.03. The minimum atomic E-state index is -1.47. The topological polar surface area (TPSA) is 124 Å². The van der Waals surface area contributed by atoms with Gasteiger partial charge < -0.3 is 20.3 Å². The number of pyridine rings is 1. The Morgan fingerprint density at radius 1 is 1.37 bits per heavy atom. The van der Waals surface area contributed by atoms with Gasteiger partial charge in [0.25, 0.3) is 0 Å². The monoisotopic (exact) mass is 432 g/mol. The zero-order chi connectivity index (χ0) is 21.3. The molecule has 4 rings (SSSR count). The maximum atomic E-state index is 14.3. The summed E-state index contributed by atoms with van der Waals surface area (Å²) >= 11 is 6.03. The third-order valence-corrected chi connectivity index (χ3v) is 5.24. The lowest BCUT2D eigenvalue weighted by Crippen LogP contribution is -2.44. The van der Waals surface area contributed by atoms with Gasteiger partial charge >= 0.3 is 11.9 Å². The van der Waals surface area contributed by atoms with Crippen LogP contribution in [0.4, 0.5) is 10.2 Å². The van der Waals surface area contributed by atoms with Crippen LogP contribution in [0.5, 0.6) is 0 Å². The molecule has 0 aliphatic carbocycles. The summed E-state index contributed by atoms with van der Waals surface area (Å²) in [5.41, 5.74) is 1.25. The molecule has 156 valence electrons. The first-order valence-electron chi connectivity index (χ1n) is 9.34. The average Bonchev–Trinajstić information content (AvgIpc) is 3.15. The van der Waals surface area contributed by atoms with E-state index in [1.807, 2.05) is 0 Å². The highest BCUT2D eigenvalue weighted by Gasteiger charge is 2.27. The van der Waals surface area contributed by atoms with Crippen LogP contribution in [0.15, 0.2) is 24.7 Å². The number of nitrogens with one attached hydrogen (secondary N) is 2. The predicted molar refractivity (Wildman–Crippen MR) is 108 cm³/mol. The molecule has 11 heteroatoms. The van der Waals surface area contributed by atoms with Gasteiger partial charge in [0.2, 0.25) is 0 Å². The molecular weight excluding hydrogens is 415 g/mol. The number of fused-ring (bicyclic) bond motifs is 1. The highest BCUT2D eigenvalue weighted by Crippen LogP contribution is 2.28. The van der Waals surface area contributed by atoms with Crippen molar-refractivity contribution in [2.24, 2.45) is 5.92 Å². The first-order valence-corrected chi connectivity index (χ1v) is 9.72. The lowest BCUT2D eigenvalue weighted by molar-refractivity contribution is -0.156. The van der Waals surface area contributed by atoms with Gasteiger partial charge in [0.15, 0.2) is 17.5 Å². The van der Waals surface area contributed by atoms with E-state index in [-0.39, 0.29) is 11.7 Å². The summed E-state index contributed by atoms with van der Waals surface area (Å²) in [6, 6.07) is 1.73. The molecule has 0 radical (unpaired) electrons. The number of carbonyl (C=O) groups excluding carboxylic acids is 1. The van der Waals surface area contributed by atoms with Crippen molar-refractivity contribution in [1.29, 1.82) is 0 Å². The molecule has 30 heavy (non-hydrogen) atoms. The van der Waals surface area contributed by atoms with Gasteiger partial charge in [-0.1, -0.05) is 11.6 Å². The molecule has 1 fully saturated rings. The molecule has 1 amide bonds. The number of carbonyl (C=O) groups is 2. The van der Waals surface area contributed by atoms with Crippen LogP contribution < -0.4 is 5.32 Å². The number of carboxylic acids is 1. The second-order valence-corrected chi connectivity index (χ2v) is 7.52. The van der Waals surface area contributed by atoms with E-state index in [0.29, 0.717) is 48.1 Å². The Labute approximate surface area is 175 Å². The fourth-order valence-electron chi connectivity index (χ4n) is 3.58. The zero-order valence-electron chi connectivity index (χ0n) is 15.7. The lowest BCUT2D eigenvalue weighted by atomic mass is 9.98. The van der Waals surface area contributed by atoms with E-state index in [2.05, 4.69) is 25.3 Å². The Bertz CT molecular complexity index is 1120. The van der Waals surface area contributed by atoms with Crippen LogP contribution >= 0.6 is 11.6 Å². The number of rotatable bonds is 4. The average molecular weight is 433 g/mol. The number of amides is 1. The number of H-pyrrole nitrogens is 1. The molecule has 1 aliphatic heterocycles.